The smallest absolute Gasteiger partial charge is 0.303 e. The van der Waals surface area contributed by atoms with Crippen LogP contribution in [0.25, 0.3) is 0 Å². The third kappa shape index (κ3) is 2.34. The summed E-state index contributed by atoms with van der Waals surface area (Å²) in [5.74, 6) is -0.704. The lowest BCUT2D eigenvalue weighted by atomic mass is 9.99. The molecular formula is C9H11NO2. The summed E-state index contributed by atoms with van der Waals surface area (Å²) in [6.07, 6.45) is 3.52. The molecule has 0 unspecified atom stereocenters. The fourth-order valence-corrected chi connectivity index (χ4v) is 1.07. The predicted octanol–water partition coefficient (Wildman–Crippen LogP) is 1.66. The van der Waals surface area contributed by atoms with Crippen molar-refractivity contribution in [2.45, 2.75) is 19.3 Å². The highest BCUT2D eigenvalue weighted by molar-refractivity contribution is 5.67. The SMILES string of the molecule is C[C@H](CC(=O)O)c1ccncc1. The van der Waals surface area contributed by atoms with E-state index in [1.54, 1.807) is 12.4 Å². The van der Waals surface area contributed by atoms with Crippen LogP contribution in [0.2, 0.25) is 0 Å². The van der Waals surface area contributed by atoms with Gasteiger partial charge in [-0.3, -0.25) is 9.78 Å². The number of carboxylic acids is 1. The lowest BCUT2D eigenvalue weighted by Crippen LogP contribution is -2.02. The van der Waals surface area contributed by atoms with Crippen molar-refractivity contribution < 1.29 is 9.90 Å². The summed E-state index contributed by atoms with van der Waals surface area (Å²) in [6.45, 7) is 1.89. The number of carbonyl (C=O) groups is 1. The molecule has 0 aromatic carbocycles. The molecule has 1 aromatic rings. The minimum atomic E-state index is -0.765. The highest BCUT2D eigenvalue weighted by Gasteiger charge is 2.08. The summed E-state index contributed by atoms with van der Waals surface area (Å²) in [7, 11) is 0. The third-order valence-electron chi connectivity index (χ3n) is 1.76. The first-order valence-electron chi connectivity index (χ1n) is 3.82. The Kier molecular flexibility index (Phi) is 2.80. The molecule has 0 amide bonds. The number of hydrogen-bond donors (Lipinski definition) is 1. The van der Waals surface area contributed by atoms with Gasteiger partial charge in [-0.25, -0.2) is 0 Å². The number of carboxylic acid groups (broad SMARTS) is 1. The number of nitrogens with zero attached hydrogens (tertiary/aromatic N) is 1. The Morgan fingerprint density at radius 3 is 2.67 bits per heavy atom. The van der Waals surface area contributed by atoms with Crippen LogP contribution in [0.1, 0.15) is 24.8 Å². The number of hydrogen-bond acceptors (Lipinski definition) is 2. The molecule has 1 heterocycles. The van der Waals surface area contributed by atoms with Gasteiger partial charge in [-0.05, 0) is 23.6 Å². The third-order valence-corrected chi connectivity index (χ3v) is 1.76. The van der Waals surface area contributed by atoms with Crippen LogP contribution in [0.4, 0.5) is 0 Å². The van der Waals surface area contributed by atoms with E-state index < -0.39 is 5.97 Å². The number of aromatic nitrogens is 1. The summed E-state index contributed by atoms with van der Waals surface area (Å²) in [5.41, 5.74) is 1.02. The van der Waals surface area contributed by atoms with E-state index in [-0.39, 0.29) is 12.3 Å². The highest BCUT2D eigenvalue weighted by atomic mass is 16.4. The van der Waals surface area contributed by atoms with E-state index in [0.717, 1.165) is 5.56 Å². The Hall–Kier alpha value is -1.38. The van der Waals surface area contributed by atoms with Crippen molar-refractivity contribution in [1.29, 1.82) is 0 Å². The molecule has 0 saturated heterocycles. The van der Waals surface area contributed by atoms with Crippen LogP contribution < -0.4 is 0 Å². The average molecular weight is 165 g/mol. The largest absolute Gasteiger partial charge is 0.481 e. The Bertz CT molecular complexity index is 258. The lowest BCUT2D eigenvalue weighted by molar-refractivity contribution is -0.137. The molecule has 0 aliphatic heterocycles. The molecule has 1 aromatic heterocycles. The zero-order chi connectivity index (χ0) is 8.97. The molecule has 12 heavy (non-hydrogen) atoms. The minimum absolute atomic E-state index is 0.0606. The van der Waals surface area contributed by atoms with Gasteiger partial charge in [0.15, 0.2) is 0 Å². The summed E-state index contributed by atoms with van der Waals surface area (Å²) in [6, 6.07) is 3.68. The first-order valence-corrected chi connectivity index (χ1v) is 3.82. The normalized spacial score (nSPS) is 12.4. The van der Waals surface area contributed by atoms with Gasteiger partial charge in [0.2, 0.25) is 0 Å². The first kappa shape index (κ1) is 8.71. The molecule has 0 saturated carbocycles. The van der Waals surface area contributed by atoms with Crippen LogP contribution in [0, 0.1) is 0 Å². The molecule has 0 aliphatic carbocycles. The molecule has 3 heteroatoms. The predicted molar refractivity (Wildman–Crippen MR) is 44.9 cm³/mol. The molecule has 0 aliphatic rings. The summed E-state index contributed by atoms with van der Waals surface area (Å²) < 4.78 is 0. The van der Waals surface area contributed by atoms with E-state index in [9.17, 15) is 4.79 Å². The van der Waals surface area contributed by atoms with E-state index in [1.807, 2.05) is 19.1 Å². The number of pyridine rings is 1. The first-order chi connectivity index (χ1) is 5.70. The second-order valence-corrected chi connectivity index (χ2v) is 2.78. The Labute approximate surface area is 71.1 Å². The van der Waals surface area contributed by atoms with Gasteiger partial charge in [0.25, 0.3) is 0 Å². The summed E-state index contributed by atoms with van der Waals surface area (Å²) in [5, 5.41) is 8.53. The quantitative estimate of drug-likeness (QED) is 0.741. The van der Waals surface area contributed by atoms with E-state index in [0.29, 0.717) is 0 Å². The average Bonchev–Trinajstić information content (AvgIpc) is 2.05. The van der Waals surface area contributed by atoms with Gasteiger partial charge in [-0.1, -0.05) is 6.92 Å². The number of aliphatic carboxylic acids is 1. The minimum Gasteiger partial charge on any atom is -0.481 e. The van der Waals surface area contributed by atoms with Crippen molar-refractivity contribution in [3.05, 3.63) is 30.1 Å². The van der Waals surface area contributed by atoms with Crippen LogP contribution in [0.3, 0.4) is 0 Å². The zero-order valence-corrected chi connectivity index (χ0v) is 6.90. The molecule has 1 rings (SSSR count). The Morgan fingerprint density at radius 2 is 2.17 bits per heavy atom. The molecular weight excluding hydrogens is 154 g/mol. The van der Waals surface area contributed by atoms with E-state index in [4.69, 9.17) is 5.11 Å². The van der Waals surface area contributed by atoms with E-state index >= 15 is 0 Å². The highest BCUT2D eigenvalue weighted by Crippen LogP contribution is 2.17. The second kappa shape index (κ2) is 3.85. The van der Waals surface area contributed by atoms with Gasteiger partial charge in [0.1, 0.15) is 0 Å². The Balaban J connectivity index is 2.65. The molecule has 0 bridgehead atoms. The van der Waals surface area contributed by atoms with Crippen LogP contribution in [-0.4, -0.2) is 16.1 Å². The molecule has 0 fully saturated rings. The summed E-state index contributed by atoms with van der Waals surface area (Å²) in [4.78, 5) is 14.2. The molecule has 3 nitrogen and oxygen atoms in total. The van der Waals surface area contributed by atoms with Crippen molar-refractivity contribution >= 4 is 5.97 Å². The molecule has 0 spiro atoms. The van der Waals surface area contributed by atoms with Crippen LogP contribution in [0.5, 0.6) is 0 Å². The fourth-order valence-electron chi connectivity index (χ4n) is 1.07. The number of rotatable bonds is 3. The van der Waals surface area contributed by atoms with Gasteiger partial charge in [0, 0.05) is 12.4 Å². The molecule has 1 N–H and O–H groups in total. The van der Waals surface area contributed by atoms with Gasteiger partial charge in [-0.15, -0.1) is 0 Å². The lowest BCUT2D eigenvalue weighted by Gasteiger charge is -2.07. The van der Waals surface area contributed by atoms with Gasteiger partial charge in [0.05, 0.1) is 6.42 Å². The maximum absolute atomic E-state index is 10.4. The van der Waals surface area contributed by atoms with Crippen LogP contribution >= 0.6 is 0 Å². The molecule has 0 radical (unpaired) electrons. The maximum Gasteiger partial charge on any atom is 0.303 e. The molecule has 64 valence electrons. The van der Waals surface area contributed by atoms with Crippen molar-refractivity contribution in [2.24, 2.45) is 0 Å². The van der Waals surface area contributed by atoms with Gasteiger partial charge < -0.3 is 5.11 Å². The van der Waals surface area contributed by atoms with Crippen LogP contribution in [-0.2, 0) is 4.79 Å². The van der Waals surface area contributed by atoms with Crippen molar-refractivity contribution in [1.82, 2.24) is 4.98 Å². The Morgan fingerprint density at radius 1 is 1.58 bits per heavy atom. The van der Waals surface area contributed by atoms with Crippen molar-refractivity contribution in [3.8, 4) is 0 Å². The van der Waals surface area contributed by atoms with Crippen molar-refractivity contribution in [3.63, 3.8) is 0 Å². The van der Waals surface area contributed by atoms with Gasteiger partial charge >= 0.3 is 5.97 Å². The second-order valence-electron chi connectivity index (χ2n) is 2.78. The topological polar surface area (TPSA) is 50.2 Å². The maximum atomic E-state index is 10.4. The van der Waals surface area contributed by atoms with Gasteiger partial charge in [-0.2, -0.15) is 0 Å². The summed E-state index contributed by atoms with van der Waals surface area (Å²) >= 11 is 0. The fraction of sp³-hybridized carbons (Fsp3) is 0.333. The standard InChI is InChI=1S/C9H11NO2/c1-7(6-9(11)12)8-2-4-10-5-3-8/h2-5,7H,6H2,1H3,(H,11,12)/t7-/m1/s1. The zero-order valence-electron chi connectivity index (χ0n) is 6.90. The van der Waals surface area contributed by atoms with E-state index in [1.165, 1.54) is 0 Å². The van der Waals surface area contributed by atoms with Crippen LogP contribution in [0.15, 0.2) is 24.5 Å². The van der Waals surface area contributed by atoms with Crippen molar-refractivity contribution in [2.75, 3.05) is 0 Å². The van der Waals surface area contributed by atoms with E-state index in [2.05, 4.69) is 4.98 Å². The monoisotopic (exact) mass is 165 g/mol. The molecule has 1 atom stereocenters.